The van der Waals surface area contributed by atoms with Gasteiger partial charge in [-0.15, -0.1) is 0 Å². The fraction of sp³-hybridized carbons (Fsp3) is 0.750. The van der Waals surface area contributed by atoms with Gasteiger partial charge in [-0.2, -0.15) is 0 Å². The van der Waals surface area contributed by atoms with E-state index in [0.717, 1.165) is 4.90 Å². The second kappa shape index (κ2) is 4.98. The lowest BCUT2D eigenvalue weighted by Crippen LogP contribution is -2.47. The molecule has 0 saturated carbocycles. The minimum Gasteiger partial charge on any atom is -0.480 e. The highest BCUT2D eigenvalue weighted by Gasteiger charge is 2.41. The zero-order valence-corrected chi connectivity index (χ0v) is 9.63. The molecular weight excluding hydrogens is 254 g/mol. The van der Waals surface area contributed by atoms with Crippen LogP contribution in [0.5, 0.6) is 0 Å². The van der Waals surface area contributed by atoms with Crippen LogP contribution in [0.4, 0.5) is 0 Å². The van der Waals surface area contributed by atoms with E-state index in [-0.39, 0.29) is 0 Å². The Morgan fingerprint density at radius 2 is 1.59 bits per heavy atom. The summed E-state index contributed by atoms with van der Waals surface area (Å²) >= 11 is 0. The van der Waals surface area contributed by atoms with Crippen LogP contribution in [0.1, 0.15) is 0 Å². The van der Waals surface area contributed by atoms with Gasteiger partial charge in [-0.3, -0.25) is 14.5 Å². The van der Waals surface area contributed by atoms with Crippen molar-refractivity contribution in [3.63, 3.8) is 0 Å². The molecule has 0 bridgehead atoms. The lowest BCUT2D eigenvalue weighted by Gasteiger charge is -2.26. The molecule has 0 aromatic carbocycles. The molecule has 1 rings (SSSR count). The van der Waals surface area contributed by atoms with E-state index in [1.165, 1.54) is 0 Å². The first-order valence-corrected chi connectivity index (χ1v) is 6.59. The Kier molecular flexibility index (Phi) is 4.07. The first-order valence-electron chi connectivity index (χ1n) is 4.77. The van der Waals surface area contributed by atoms with Gasteiger partial charge >= 0.3 is 11.9 Å². The highest BCUT2D eigenvalue weighted by Crippen LogP contribution is 2.18. The lowest BCUT2D eigenvalue weighted by molar-refractivity contribution is -0.143. The molecular formula is C8H13NO7S. The Hall–Kier alpha value is -1.19. The van der Waals surface area contributed by atoms with Crippen molar-refractivity contribution in [2.24, 2.45) is 0 Å². The number of hydrogen-bond donors (Lipinski definition) is 3. The standard InChI is InChI=1S/C8H13NO7S/c10-6-4-17(15,16)3-5(6)9(1-7(11)12)2-8(13)14/h5-6,10H,1-4H2,(H,11,12)(H,13,14)/t5-,6+/m0/s1. The maximum atomic E-state index is 11.2. The van der Waals surface area contributed by atoms with Gasteiger partial charge in [0.15, 0.2) is 9.84 Å². The smallest absolute Gasteiger partial charge is 0.317 e. The first-order chi connectivity index (χ1) is 7.71. The van der Waals surface area contributed by atoms with Crippen LogP contribution in [-0.4, -0.2) is 77.3 Å². The van der Waals surface area contributed by atoms with Gasteiger partial charge in [-0.25, -0.2) is 8.42 Å². The normalized spacial score (nSPS) is 27.2. The van der Waals surface area contributed by atoms with Crippen molar-refractivity contribution in [3.05, 3.63) is 0 Å². The summed E-state index contributed by atoms with van der Waals surface area (Å²) in [6, 6.07) is -0.979. The van der Waals surface area contributed by atoms with E-state index in [1.54, 1.807) is 0 Å². The van der Waals surface area contributed by atoms with Gasteiger partial charge in [0.05, 0.1) is 36.7 Å². The molecule has 1 aliphatic rings. The molecule has 0 aliphatic carbocycles. The SMILES string of the molecule is O=C(O)CN(CC(=O)O)[C@H]1CS(=O)(=O)C[C@H]1O. The number of aliphatic hydroxyl groups is 1. The summed E-state index contributed by atoms with van der Waals surface area (Å²) in [5.41, 5.74) is 0. The molecule has 2 atom stereocenters. The van der Waals surface area contributed by atoms with Crippen molar-refractivity contribution in [3.8, 4) is 0 Å². The van der Waals surface area contributed by atoms with E-state index < -0.39 is 58.5 Å². The number of hydrogen-bond acceptors (Lipinski definition) is 6. The predicted octanol–water partition coefficient (Wildman–Crippen LogP) is -2.38. The minimum atomic E-state index is -3.44. The number of rotatable bonds is 5. The molecule has 9 heteroatoms. The molecule has 0 radical (unpaired) electrons. The number of carboxylic acid groups (broad SMARTS) is 2. The second-order valence-electron chi connectivity index (χ2n) is 3.90. The largest absolute Gasteiger partial charge is 0.480 e. The van der Waals surface area contributed by atoms with Gasteiger partial charge < -0.3 is 15.3 Å². The molecule has 1 heterocycles. The van der Waals surface area contributed by atoms with Gasteiger partial charge in [0.2, 0.25) is 0 Å². The third-order valence-electron chi connectivity index (χ3n) is 2.44. The summed E-state index contributed by atoms with van der Waals surface area (Å²) < 4.78 is 22.5. The fourth-order valence-electron chi connectivity index (χ4n) is 1.80. The number of carbonyl (C=O) groups is 2. The highest BCUT2D eigenvalue weighted by molar-refractivity contribution is 7.91. The summed E-state index contributed by atoms with van der Waals surface area (Å²) in [6.07, 6.45) is -1.25. The van der Waals surface area contributed by atoms with E-state index in [9.17, 15) is 23.1 Å². The van der Waals surface area contributed by atoms with Crippen LogP contribution in [0.2, 0.25) is 0 Å². The zero-order valence-electron chi connectivity index (χ0n) is 8.81. The minimum absolute atomic E-state index is 0.422. The van der Waals surface area contributed by atoms with Crippen molar-refractivity contribution >= 4 is 21.8 Å². The molecule has 0 aromatic rings. The summed E-state index contributed by atoms with van der Waals surface area (Å²) in [7, 11) is -3.44. The van der Waals surface area contributed by atoms with Crippen LogP contribution < -0.4 is 0 Å². The van der Waals surface area contributed by atoms with Crippen LogP contribution in [-0.2, 0) is 19.4 Å². The van der Waals surface area contributed by atoms with E-state index in [4.69, 9.17) is 10.2 Å². The average molecular weight is 267 g/mol. The average Bonchev–Trinajstić information content (AvgIpc) is 2.36. The van der Waals surface area contributed by atoms with Crippen molar-refractivity contribution < 1.29 is 33.3 Å². The second-order valence-corrected chi connectivity index (χ2v) is 6.06. The van der Waals surface area contributed by atoms with Crippen molar-refractivity contribution in [2.45, 2.75) is 12.1 Å². The van der Waals surface area contributed by atoms with Gasteiger partial charge in [-0.1, -0.05) is 0 Å². The summed E-state index contributed by atoms with van der Waals surface area (Å²) in [5.74, 6) is -3.44. The summed E-state index contributed by atoms with van der Waals surface area (Å²) in [4.78, 5) is 22.0. The van der Waals surface area contributed by atoms with Gasteiger partial charge in [0.1, 0.15) is 0 Å². The van der Waals surface area contributed by atoms with Crippen LogP contribution in [0.25, 0.3) is 0 Å². The topological polar surface area (TPSA) is 132 Å². The number of aliphatic carboxylic acids is 2. The number of sulfone groups is 1. The van der Waals surface area contributed by atoms with Crippen LogP contribution in [0.15, 0.2) is 0 Å². The maximum Gasteiger partial charge on any atom is 0.317 e. The third kappa shape index (κ3) is 3.95. The zero-order chi connectivity index (χ0) is 13.2. The summed E-state index contributed by atoms with van der Waals surface area (Å²) in [5, 5.41) is 26.7. The Bertz CT molecular complexity index is 402. The highest BCUT2D eigenvalue weighted by atomic mass is 32.2. The Labute approximate surface area is 97.4 Å². The predicted molar refractivity (Wildman–Crippen MR) is 55.3 cm³/mol. The maximum absolute atomic E-state index is 11.2. The molecule has 0 aromatic heterocycles. The Morgan fingerprint density at radius 1 is 1.12 bits per heavy atom. The number of aliphatic hydroxyl groups excluding tert-OH is 1. The third-order valence-corrected chi connectivity index (χ3v) is 4.14. The molecule has 8 nitrogen and oxygen atoms in total. The van der Waals surface area contributed by atoms with Gasteiger partial charge in [-0.05, 0) is 0 Å². The van der Waals surface area contributed by atoms with Gasteiger partial charge in [0, 0.05) is 0 Å². The Morgan fingerprint density at radius 3 is 1.88 bits per heavy atom. The Balaban J connectivity index is 2.83. The number of nitrogens with zero attached hydrogens (tertiary/aromatic N) is 1. The molecule has 0 unspecified atom stereocenters. The van der Waals surface area contributed by atoms with Gasteiger partial charge in [0.25, 0.3) is 0 Å². The van der Waals surface area contributed by atoms with Crippen LogP contribution in [0.3, 0.4) is 0 Å². The molecule has 98 valence electrons. The molecule has 1 fully saturated rings. The first kappa shape index (κ1) is 13.9. The van der Waals surface area contributed by atoms with E-state index >= 15 is 0 Å². The number of carboxylic acids is 2. The molecule has 1 aliphatic heterocycles. The van der Waals surface area contributed by atoms with Crippen LogP contribution in [0, 0.1) is 0 Å². The quantitative estimate of drug-likeness (QED) is 0.503. The van der Waals surface area contributed by atoms with E-state index in [2.05, 4.69) is 0 Å². The van der Waals surface area contributed by atoms with Crippen molar-refractivity contribution in [2.75, 3.05) is 24.6 Å². The van der Waals surface area contributed by atoms with E-state index in [1.807, 2.05) is 0 Å². The fourth-order valence-corrected chi connectivity index (χ4v) is 3.63. The van der Waals surface area contributed by atoms with Crippen molar-refractivity contribution in [1.29, 1.82) is 0 Å². The molecule has 3 N–H and O–H groups in total. The molecule has 17 heavy (non-hydrogen) atoms. The molecule has 0 spiro atoms. The van der Waals surface area contributed by atoms with E-state index in [0.29, 0.717) is 0 Å². The van der Waals surface area contributed by atoms with Crippen LogP contribution >= 0.6 is 0 Å². The monoisotopic (exact) mass is 267 g/mol. The molecule has 1 saturated heterocycles. The summed E-state index contributed by atoms with van der Waals surface area (Å²) in [6.45, 7) is -1.24. The molecule has 0 amide bonds. The van der Waals surface area contributed by atoms with Crippen molar-refractivity contribution in [1.82, 2.24) is 4.90 Å². The lowest BCUT2D eigenvalue weighted by atomic mass is 10.2.